The normalized spacial score (nSPS) is 22.6. The van der Waals surface area contributed by atoms with Gasteiger partial charge in [0.15, 0.2) is 0 Å². The lowest BCUT2D eigenvalue weighted by Crippen LogP contribution is -2.54. The zero-order valence-corrected chi connectivity index (χ0v) is 42.4. The number of aryl methyl sites for hydroxylation is 1. The minimum atomic E-state index is -0.798. The Morgan fingerprint density at radius 3 is 2.10 bits per heavy atom. The van der Waals surface area contributed by atoms with E-state index < -0.39 is 36.3 Å². The van der Waals surface area contributed by atoms with E-state index in [0.717, 1.165) is 52.7 Å². The van der Waals surface area contributed by atoms with Gasteiger partial charge in [-0.2, -0.15) is 0 Å². The van der Waals surface area contributed by atoms with E-state index in [1.165, 1.54) is 25.2 Å². The molecule has 0 bridgehead atoms. The highest BCUT2D eigenvalue weighted by Crippen LogP contribution is 2.48. The third kappa shape index (κ3) is 9.20. The molecule has 0 radical (unpaired) electrons. The molecule has 0 aliphatic carbocycles. The van der Waals surface area contributed by atoms with Crippen molar-refractivity contribution in [2.45, 2.75) is 122 Å². The van der Waals surface area contributed by atoms with Gasteiger partial charge in [0, 0.05) is 34.5 Å². The van der Waals surface area contributed by atoms with Crippen LogP contribution in [-0.2, 0) is 30.2 Å². The molecule has 3 saturated heterocycles. The van der Waals surface area contributed by atoms with Gasteiger partial charge in [0.05, 0.1) is 83.9 Å². The molecule has 380 valence electrons. The molecular weight excluding hydrogens is 942 g/mol. The predicted octanol–water partition coefficient (Wildman–Crippen LogP) is 9.43. The number of carbonyl (C=O) groups is 4. The summed E-state index contributed by atoms with van der Waals surface area (Å²) in [4.78, 5) is 75.2. The average Bonchev–Trinajstić information content (AvgIpc) is 4.23. The highest BCUT2D eigenvalue weighted by atomic mass is 32.1. The van der Waals surface area contributed by atoms with Crippen LogP contribution in [0, 0.1) is 17.7 Å². The number of carbonyl (C=O) groups excluding carboxylic acids is 4. The topological polar surface area (TPSA) is 198 Å². The Kier molecular flexibility index (Phi) is 13.6. The van der Waals surface area contributed by atoms with Crippen LogP contribution in [0.5, 0.6) is 5.75 Å². The molecule has 72 heavy (non-hydrogen) atoms. The molecule has 4 aliphatic heterocycles. The fraction of sp³-hybridized carbons (Fsp3) is 0.472. The molecule has 6 aromatic rings. The molecular formula is C53H62FN9O8S. The van der Waals surface area contributed by atoms with Crippen LogP contribution in [0.1, 0.15) is 113 Å². The second-order valence-corrected chi connectivity index (χ2v) is 21.0. The van der Waals surface area contributed by atoms with Gasteiger partial charge in [-0.05, 0) is 113 Å². The molecule has 8 heterocycles. The highest BCUT2D eigenvalue weighted by Gasteiger charge is 2.43. The summed E-state index contributed by atoms with van der Waals surface area (Å²) in [6, 6.07) is 13.4. The van der Waals surface area contributed by atoms with E-state index in [2.05, 4.69) is 50.3 Å². The van der Waals surface area contributed by atoms with E-state index in [4.69, 9.17) is 28.9 Å². The Bertz CT molecular complexity index is 3010. The smallest absolute Gasteiger partial charge is 0.407 e. The Labute approximate surface area is 421 Å². The lowest BCUT2D eigenvalue weighted by Gasteiger charge is -2.38. The quantitative estimate of drug-likeness (QED) is 0.0916. The fourth-order valence-electron chi connectivity index (χ4n) is 11.3. The van der Waals surface area contributed by atoms with Crippen LogP contribution in [0.15, 0.2) is 60.9 Å². The predicted molar refractivity (Wildman–Crippen MR) is 269 cm³/mol. The molecule has 10 rings (SSSR count). The number of ether oxygens (including phenoxy) is 4. The number of halogens is 1. The first-order valence-electron chi connectivity index (χ1n) is 25.0. The van der Waals surface area contributed by atoms with Crippen molar-refractivity contribution in [3.05, 3.63) is 88.1 Å². The van der Waals surface area contributed by atoms with Crippen LogP contribution in [0.3, 0.4) is 0 Å². The van der Waals surface area contributed by atoms with E-state index in [9.17, 15) is 19.2 Å². The zero-order valence-electron chi connectivity index (χ0n) is 41.6. The van der Waals surface area contributed by atoms with Gasteiger partial charge >= 0.3 is 12.2 Å². The largest absolute Gasteiger partial charge is 0.464 e. The second kappa shape index (κ2) is 20.1. The summed E-state index contributed by atoms with van der Waals surface area (Å²) in [6.07, 6.45) is 6.44. The van der Waals surface area contributed by atoms with Crippen molar-refractivity contribution in [1.82, 2.24) is 44.9 Å². The van der Waals surface area contributed by atoms with Crippen LogP contribution in [0.2, 0.25) is 0 Å². The lowest BCUT2D eigenvalue weighted by atomic mass is 9.85. The summed E-state index contributed by atoms with van der Waals surface area (Å²) in [5.74, 6) is 0.483. The molecule has 8 atom stereocenters. The number of methoxy groups -OCH3 is 2. The first kappa shape index (κ1) is 48.9. The Balaban J connectivity index is 0.946. The molecule has 4 aliphatic rings. The van der Waals surface area contributed by atoms with Gasteiger partial charge in [-0.3, -0.25) is 14.2 Å². The number of hydrogen-bond donors (Lipinski definition) is 4. The number of thiophene rings is 1. The Hall–Kier alpha value is -6.73. The highest BCUT2D eigenvalue weighted by molar-refractivity contribution is 7.12. The van der Waals surface area contributed by atoms with Crippen molar-refractivity contribution in [2.24, 2.45) is 11.8 Å². The van der Waals surface area contributed by atoms with Crippen LogP contribution in [0.4, 0.5) is 14.0 Å². The molecule has 19 heteroatoms. The van der Waals surface area contributed by atoms with E-state index in [-0.39, 0.29) is 47.9 Å². The number of amides is 4. The lowest BCUT2D eigenvalue weighted by molar-refractivity contribution is -0.138. The minimum Gasteiger partial charge on any atom is -0.464 e. The number of rotatable bonds is 12. The maximum atomic E-state index is 17.0. The monoisotopic (exact) mass is 1000 g/mol. The van der Waals surface area contributed by atoms with Crippen molar-refractivity contribution in [1.29, 1.82) is 0 Å². The molecule has 0 saturated carbocycles. The Morgan fingerprint density at radius 1 is 0.833 bits per heavy atom. The maximum absolute atomic E-state index is 17.0. The number of imidazole rings is 2. The molecule has 4 amide bonds. The summed E-state index contributed by atoms with van der Waals surface area (Å²) in [7, 11) is 2.57. The number of benzene rings is 2. The van der Waals surface area contributed by atoms with Crippen molar-refractivity contribution < 1.29 is 42.5 Å². The van der Waals surface area contributed by atoms with Gasteiger partial charge in [0.25, 0.3) is 0 Å². The molecule has 2 aromatic carbocycles. The first-order valence-corrected chi connectivity index (χ1v) is 25.8. The number of hydrogen-bond acceptors (Lipinski definition) is 11. The summed E-state index contributed by atoms with van der Waals surface area (Å²) >= 11 is 1.66. The molecule has 17 nitrogen and oxygen atoms in total. The summed E-state index contributed by atoms with van der Waals surface area (Å²) < 4.78 is 41.7. The standard InChI is InChI=1S/C53H62FN9O8S/c1-8-34-14-16-43(72-34)51-63-38-15-13-30(36-25-55-47(57-36)39-11-9-17-61(39)49(64)45(27(2)3)59-52(66)68-6)21-32(38)23-41(63)44-35(54)22-31(24-42(44)71-51)37-26-56-48(58-37)40-12-10-18-62(40)50(65)46(60-53(67)69-7)33-19-28(4)70-29(5)20-33/h13-16,21-29,33,39-40,45-46,51H,8-12,17-20H2,1-7H3,(H,55,57)(H,56,58)(H,59,66)(H,60,67)/t28-,29+,33?,39-,40-,45-,46?,51?/m0/s1. The number of H-pyrrole nitrogens is 2. The molecule has 3 fully saturated rings. The minimum absolute atomic E-state index is 0.0660. The van der Waals surface area contributed by atoms with E-state index in [1.807, 2.05) is 52.0 Å². The molecule has 4 aromatic heterocycles. The van der Waals surface area contributed by atoms with Crippen LogP contribution < -0.4 is 15.4 Å². The van der Waals surface area contributed by atoms with Crippen LogP contribution in [0.25, 0.3) is 44.7 Å². The number of aromatic nitrogens is 5. The van der Waals surface area contributed by atoms with Crippen molar-refractivity contribution in [2.75, 3.05) is 27.3 Å². The number of aromatic amines is 2. The van der Waals surface area contributed by atoms with E-state index in [1.54, 1.807) is 33.5 Å². The number of nitrogens with one attached hydrogen (secondary N) is 4. The maximum Gasteiger partial charge on any atom is 0.407 e. The number of likely N-dealkylation sites (tertiary alicyclic amines) is 2. The zero-order chi connectivity index (χ0) is 50.5. The first-order chi connectivity index (χ1) is 34.7. The number of nitrogens with zero attached hydrogens (tertiary/aromatic N) is 5. The SMILES string of the molecule is CCc1ccc(C2Oc3cc(-c4cnc([C@@H]5CCCN5C(=O)C(NC(=O)OC)C5C[C@@H](C)O[C@@H](C)C5)[nH]4)cc(F)c3-c3cc4cc(-c5cnc([C@@H]6CCCN6C(=O)[C@@H](NC(=O)OC)C(C)C)[nH]5)ccc4n32)s1. The number of fused-ring (bicyclic) bond motifs is 5. The average molecular weight is 1000 g/mol. The summed E-state index contributed by atoms with van der Waals surface area (Å²) in [6.45, 7) is 10.9. The van der Waals surface area contributed by atoms with E-state index in [0.29, 0.717) is 72.3 Å². The van der Waals surface area contributed by atoms with Gasteiger partial charge < -0.3 is 49.3 Å². The summed E-state index contributed by atoms with van der Waals surface area (Å²) in [5, 5.41) is 6.43. The van der Waals surface area contributed by atoms with Crippen molar-refractivity contribution in [3.8, 4) is 39.5 Å². The molecule has 0 spiro atoms. The van der Waals surface area contributed by atoms with E-state index >= 15 is 4.39 Å². The van der Waals surface area contributed by atoms with Gasteiger partial charge in [-0.25, -0.2) is 23.9 Å². The second-order valence-electron chi connectivity index (χ2n) is 19.8. The van der Waals surface area contributed by atoms with Crippen LogP contribution >= 0.6 is 11.3 Å². The van der Waals surface area contributed by atoms with Gasteiger partial charge in [-0.1, -0.05) is 26.8 Å². The summed E-state index contributed by atoms with van der Waals surface area (Å²) in [5.41, 5.74) is 4.62. The van der Waals surface area contributed by atoms with Gasteiger partial charge in [0.2, 0.25) is 18.0 Å². The fourth-order valence-corrected chi connectivity index (χ4v) is 12.3. The molecule has 3 unspecified atom stereocenters. The Morgan fingerprint density at radius 2 is 1.47 bits per heavy atom. The van der Waals surface area contributed by atoms with Gasteiger partial charge in [0.1, 0.15) is 35.3 Å². The third-order valence-electron chi connectivity index (χ3n) is 14.7. The number of alkyl carbamates (subject to hydrolysis) is 2. The van der Waals surface area contributed by atoms with Crippen molar-refractivity contribution >= 4 is 46.2 Å². The van der Waals surface area contributed by atoms with Crippen LogP contribution in [-0.4, -0.2) is 110 Å². The van der Waals surface area contributed by atoms with Gasteiger partial charge in [-0.15, -0.1) is 11.3 Å². The third-order valence-corrected chi connectivity index (χ3v) is 16.0. The molecule has 4 N–H and O–H groups in total. The van der Waals surface area contributed by atoms with Crippen molar-refractivity contribution in [3.63, 3.8) is 0 Å².